The van der Waals surface area contributed by atoms with E-state index in [1.807, 2.05) is 29.3 Å². The number of imidazole rings is 1. The highest BCUT2D eigenvalue weighted by atomic mass is 19.1. The first-order valence-electron chi connectivity index (χ1n) is 10.5. The fraction of sp³-hybridized carbons (Fsp3) is 0.409. The number of halogens is 1. The first kappa shape index (κ1) is 19.7. The minimum atomic E-state index is -0.399. The predicted molar refractivity (Wildman–Crippen MR) is 115 cm³/mol. The molecule has 1 atom stereocenters. The molecule has 160 valence electrons. The zero-order chi connectivity index (χ0) is 21.5. The van der Waals surface area contributed by atoms with E-state index in [9.17, 15) is 4.39 Å². The molecule has 1 aliphatic rings. The second-order valence-corrected chi connectivity index (χ2v) is 8.43. The average molecular weight is 420 g/mol. The Morgan fingerprint density at radius 2 is 2.00 bits per heavy atom. The lowest BCUT2D eigenvalue weighted by Gasteiger charge is -2.10. The van der Waals surface area contributed by atoms with Crippen LogP contribution >= 0.6 is 0 Å². The van der Waals surface area contributed by atoms with Gasteiger partial charge in [-0.2, -0.15) is 5.10 Å². The van der Waals surface area contributed by atoms with E-state index >= 15 is 0 Å². The summed E-state index contributed by atoms with van der Waals surface area (Å²) in [4.78, 5) is 20.2. The molecular weight excluding hydrogens is 395 g/mol. The highest BCUT2D eigenvalue weighted by molar-refractivity contribution is 5.79. The molecule has 1 unspecified atom stereocenters. The van der Waals surface area contributed by atoms with Crippen LogP contribution in [0.3, 0.4) is 0 Å². The quantitative estimate of drug-likeness (QED) is 0.494. The molecule has 0 aromatic carbocycles. The molecular formula is C22H25FN8. The lowest BCUT2D eigenvalue weighted by molar-refractivity contribution is 0.370. The standard InChI is InChI=1S/C22H25FN8/c1-14-20-22(27-15(2)26-14)31(21(28-20)18-6-19(23)9-24-8-18)13-17-7-25-30(12-17)11-16-4-5-29(3)10-16/h6-9,12,16H,4-5,10-11,13H2,1-3H3. The number of hydrogen-bond acceptors (Lipinski definition) is 6. The monoisotopic (exact) mass is 420 g/mol. The molecule has 4 aromatic rings. The van der Waals surface area contributed by atoms with Crippen LogP contribution < -0.4 is 0 Å². The second kappa shape index (κ2) is 7.81. The Kier molecular flexibility index (Phi) is 4.97. The Bertz CT molecular complexity index is 1240. The summed E-state index contributed by atoms with van der Waals surface area (Å²) >= 11 is 0. The van der Waals surface area contributed by atoms with Gasteiger partial charge in [-0.25, -0.2) is 19.3 Å². The van der Waals surface area contributed by atoms with E-state index < -0.39 is 5.82 Å². The number of hydrogen-bond donors (Lipinski definition) is 0. The second-order valence-electron chi connectivity index (χ2n) is 8.43. The smallest absolute Gasteiger partial charge is 0.164 e. The number of pyridine rings is 1. The fourth-order valence-electron chi connectivity index (χ4n) is 4.39. The molecule has 1 fully saturated rings. The minimum Gasteiger partial charge on any atom is -0.306 e. The normalized spacial score (nSPS) is 17.1. The van der Waals surface area contributed by atoms with Crippen LogP contribution in [0.15, 0.2) is 30.9 Å². The van der Waals surface area contributed by atoms with E-state index in [4.69, 9.17) is 4.98 Å². The van der Waals surface area contributed by atoms with Gasteiger partial charge in [-0.05, 0) is 45.8 Å². The van der Waals surface area contributed by atoms with E-state index in [1.54, 1.807) is 6.20 Å². The van der Waals surface area contributed by atoms with Crippen LogP contribution in [-0.2, 0) is 13.1 Å². The predicted octanol–water partition coefficient (Wildman–Crippen LogP) is 2.84. The maximum Gasteiger partial charge on any atom is 0.164 e. The van der Waals surface area contributed by atoms with Crippen LogP contribution in [0.1, 0.15) is 23.5 Å². The van der Waals surface area contributed by atoms with Crippen LogP contribution in [-0.4, -0.2) is 59.3 Å². The van der Waals surface area contributed by atoms with Crippen molar-refractivity contribution < 1.29 is 4.39 Å². The van der Waals surface area contributed by atoms with Crippen molar-refractivity contribution in [3.05, 3.63) is 53.8 Å². The highest BCUT2D eigenvalue weighted by Gasteiger charge is 2.21. The number of likely N-dealkylation sites (tertiary alicyclic amines) is 1. The SMILES string of the molecule is Cc1nc(C)c2nc(-c3cncc(F)c3)n(Cc3cnn(CC4CCN(C)C4)c3)c2n1. The zero-order valence-corrected chi connectivity index (χ0v) is 18.0. The van der Waals surface area contributed by atoms with Gasteiger partial charge in [0.25, 0.3) is 0 Å². The number of fused-ring (bicyclic) bond motifs is 1. The van der Waals surface area contributed by atoms with Gasteiger partial charge < -0.3 is 9.47 Å². The maximum atomic E-state index is 13.9. The van der Waals surface area contributed by atoms with Crippen molar-refractivity contribution in [2.75, 3.05) is 20.1 Å². The van der Waals surface area contributed by atoms with Crippen LogP contribution in [0, 0.1) is 25.6 Å². The van der Waals surface area contributed by atoms with Crippen LogP contribution in [0.5, 0.6) is 0 Å². The molecule has 5 rings (SSSR count). The third-order valence-electron chi connectivity index (χ3n) is 5.81. The summed E-state index contributed by atoms with van der Waals surface area (Å²) in [5, 5.41) is 4.58. The first-order valence-corrected chi connectivity index (χ1v) is 10.5. The van der Waals surface area contributed by atoms with E-state index in [0.717, 1.165) is 36.5 Å². The maximum absolute atomic E-state index is 13.9. The lowest BCUT2D eigenvalue weighted by Crippen LogP contribution is -2.17. The molecule has 9 heteroatoms. The highest BCUT2D eigenvalue weighted by Crippen LogP contribution is 2.26. The first-order chi connectivity index (χ1) is 15.0. The summed E-state index contributed by atoms with van der Waals surface area (Å²) in [7, 11) is 2.16. The third-order valence-corrected chi connectivity index (χ3v) is 5.81. The molecule has 0 N–H and O–H groups in total. The molecule has 8 nitrogen and oxygen atoms in total. The summed E-state index contributed by atoms with van der Waals surface area (Å²) in [6.07, 6.45) is 7.98. The lowest BCUT2D eigenvalue weighted by atomic mass is 10.1. The van der Waals surface area contributed by atoms with E-state index in [2.05, 4.69) is 38.2 Å². The topological polar surface area (TPSA) is 77.5 Å². The van der Waals surface area contributed by atoms with Gasteiger partial charge in [-0.1, -0.05) is 0 Å². The van der Waals surface area contributed by atoms with Gasteiger partial charge in [0.1, 0.15) is 23.0 Å². The molecule has 1 aliphatic heterocycles. The van der Waals surface area contributed by atoms with Crippen molar-refractivity contribution in [1.82, 2.24) is 39.2 Å². The van der Waals surface area contributed by atoms with Crippen LogP contribution in [0.2, 0.25) is 0 Å². The molecule has 0 saturated carbocycles. The molecule has 4 aromatic heterocycles. The Hall–Kier alpha value is -3.20. The Balaban J connectivity index is 1.52. The van der Waals surface area contributed by atoms with Crippen molar-refractivity contribution in [1.29, 1.82) is 0 Å². The fourth-order valence-corrected chi connectivity index (χ4v) is 4.39. The molecule has 31 heavy (non-hydrogen) atoms. The number of nitrogens with zero attached hydrogens (tertiary/aromatic N) is 8. The number of aromatic nitrogens is 7. The Morgan fingerprint density at radius 1 is 1.13 bits per heavy atom. The van der Waals surface area contributed by atoms with E-state index in [0.29, 0.717) is 35.2 Å². The average Bonchev–Trinajstić information content (AvgIpc) is 3.43. The minimum absolute atomic E-state index is 0.399. The number of aryl methyl sites for hydroxylation is 2. The van der Waals surface area contributed by atoms with Crippen molar-refractivity contribution >= 4 is 11.2 Å². The summed E-state index contributed by atoms with van der Waals surface area (Å²) in [5.41, 5.74) is 3.90. The van der Waals surface area contributed by atoms with Gasteiger partial charge in [0.2, 0.25) is 0 Å². The van der Waals surface area contributed by atoms with Crippen molar-refractivity contribution in [2.45, 2.75) is 33.4 Å². The summed E-state index contributed by atoms with van der Waals surface area (Å²) in [5.74, 6) is 1.52. The molecule has 1 saturated heterocycles. The molecule has 0 spiro atoms. The zero-order valence-electron chi connectivity index (χ0n) is 18.0. The van der Waals surface area contributed by atoms with Gasteiger partial charge in [0, 0.05) is 36.6 Å². The van der Waals surface area contributed by atoms with Crippen molar-refractivity contribution in [3.8, 4) is 11.4 Å². The third kappa shape index (κ3) is 3.93. The number of rotatable bonds is 5. The molecule has 0 amide bonds. The summed E-state index contributed by atoms with van der Waals surface area (Å²) < 4.78 is 17.9. The van der Waals surface area contributed by atoms with Gasteiger partial charge in [-0.15, -0.1) is 0 Å². The summed E-state index contributed by atoms with van der Waals surface area (Å²) in [6.45, 7) is 7.47. The molecule has 0 radical (unpaired) electrons. The molecule has 0 aliphatic carbocycles. The van der Waals surface area contributed by atoms with Gasteiger partial charge >= 0.3 is 0 Å². The van der Waals surface area contributed by atoms with Gasteiger partial charge in [0.15, 0.2) is 5.65 Å². The molecule has 0 bridgehead atoms. The van der Waals surface area contributed by atoms with Crippen LogP contribution in [0.25, 0.3) is 22.6 Å². The Labute approximate surface area is 179 Å². The van der Waals surface area contributed by atoms with Crippen molar-refractivity contribution in [2.24, 2.45) is 5.92 Å². The van der Waals surface area contributed by atoms with E-state index in [-0.39, 0.29) is 0 Å². The molecule has 5 heterocycles. The van der Waals surface area contributed by atoms with Crippen molar-refractivity contribution in [3.63, 3.8) is 0 Å². The largest absolute Gasteiger partial charge is 0.306 e. The Morgan fingerprint density at radius 3 is 2.77 bits per heavy atom. The van der Waals surface area contributed by atoms with Gasteiger partial charge in [-0.3, -0.25) is 9.67 Å². The van der Waals surface area contributed by atoms with Crippen LogP contribution in [0.4, 0.5) is 4.39 Å². The van der Waals surface area contributed by atoms with E-state index in [1.165, 1.54) is 18.7 Å². The van der Waals surface area contributed by atoms with Gasteiger partial charge in [0.05, 0.1) is 24.6 Å². The summed E-state index contributed by atoms with van der Waals surface area (Å²) in [6, 6.07) is 1.44.